The summed E-state index contributed by atoms with van der Waals surface area (Å²) in [5, 5.41) is 4.93. The van der Waals surface area contributed by atoms with Gasteiger partial charge in [-0.1, -0.05) is 12.1 Å². The number of benzene rings is 1. The quantitative estimate of drug-likeness (QED) is 0.471. The molecule has 0 unspecified atom stereocenters. The minimum atomic E-state index is -4.61. The van der Waals surface area contributed by atoms with Gasteiger partial charge in [-0.2, -0.15) is 13.2 Å². The average Bonchev–Trinajstić information content (AvgIpc) is 3.50. The second kappa shape index (κ2) is 10.7. The summed E-state index contributed by atoms with van der Waals surface area (Å²) in [6.07, 6.45) is -2.10. The number of carbonyl (C=O) groups excluding carboxylic acids is 3. The van der Waals surface area contributed by atoms with Crippen molar-refractivity contribution in [1.29, 1.82) is 0 Å². The lowest BCUT2D eigenvalue weighted by molar-refractivity contribution is -0.138. The van der Waals surface area contributed by atoms with Crippen molar-refractivity contribution in [3.63, 3.8) is 0 Å². The molecule has 1 N–H and O–H groups in total. The van der Waals surface area contributed by atoms with Crippen LogP contribution in [0.15, 0.2) is 35.8 Å². The Bertz CT molecular complexity index is 1310. The number of aryl methyl sites for hydroxylation is 1. The van der Waals surface area contributed by atoms with E-state index in [-0.39, 0.29) is 48.5 Å². The van der Waals surface area contributed by atoms with E-state index in [9.17, 15) is 27.6 Å². The van der Waals surface area contributed by atoms with E-state index in [4.69, 9.17) is 4.74 Å². The third kappa shape index (κ3) is 5.82. The van der Waals surface area contributed by atoms with Crippen molar-refractivity contribution in [2.45, 2.75) is 31.9 Å². The molecule has 9 nitrogen and oxygen atoms in total. The van der Waals surface area contributed by atoms with Crippen LogP contribution in [0.1, 0.15) is 67.7 Å². The molecule has 0 spiro atoms. The molecule has 3 aromatic rings. The number of piperidine rings is 1. The van der Waals surface area contributed by atoms with Gasteiger partial charge in [0.05, 0.1) is 22.7 Å². The maximum absolute atomic E-state index is 13.3. The van der Waals surface area contributed by atoms with Gasteiger partial charge < -0.3 is 19.5 Å². The second-order valence-electron chi connectivity index (χ2n) is 8.42. The zero-order valence-corrected chi connectivity index (χ0v) is 20.9. The number of nitrogens with one attached hydrogen (secondary N) is 1. The Morgan fingerprint density at radius 2 is 1.86 bits per heavy atom. The summed E-state index contributed by atoms with van der Waals surface area (Å²) in [4.78, 5) is 47.3. The number of esters is 1. The summed E-state index contributed by atoms with van der Waals surface area (Å²) in [7, 11) is 1.61. The zero-order valence-electron chi connectivity index (χ0n) is 20.0. The Hall–Kier alpha value is -3.74. The number of likely N-dealkylation sites (tertiary alicyclic amines) is 1. The van der Waals surface area contributed by atoms with Gasteiger partial charge in [-0.15, -0.1) is 11.3 Å². The molecule has 0 atom stereocenters. The number of ether oxygens (including phenoxy) is 1. The van der Waals surface area contributed by atoms with Gasteiger partial charge in [-0.05, 0) is 31.9 Å². The van der Waals surface area contributed by atoms with E-state index in [1.165, 1.54) is 45.2 Å². The molecule has 0 saturated carbocycles. The van der Waals surface area contributed by atoms with Crippen LogP contribution < -0.4 is 5.32 Å². The van der Waals surface area contributed by atoms with E-state index >= 15 is 0 Å². The summed E-state index contributed by atoms with van der Waals surface area (Å²) in [6, 6.07) is 4.78. The number of amides is 2. The molecule has 2 aromatic heterocycles. The Morgan fingerprint density at radius 1 is 1.16 bits per heavy atom. The van der Waals surface area contributed by atoms with Crippen LogP contribution >= 0.6 is 11.3 Å². The fraction of sp³-hybridized carbons (Fsp3) is 0.375. The summed E-state index contributed by atoms with van der Waals surface area (Å²) < 4.78 is 46.3. The molecule has 1 fully saturated rings. The molecule has 0 aliphatic carbocycles. The number of hydrogen-bond donors (Lipinski definition) is 1. The van der Waals surface area contributed by atoms with Crippen LogP contribution in [0, 0.1) is 0 Å². The molecule has 13 heteroatoms. The van der Waals surface area contributed by atoms with E-state index in [1.807, 2.05) is 0 Å². The molecular weight excluding hydrogens is 511 g/mol. The highest BCUT2D eigenvalue weighted by atomic mass is 32.1. The van der Waals surface area contributed by atoms with Crippen LogP contribution in [0.4, 0.5) is 19.0 Å². The van der Waals surface area contributed by atoms with E-state index in [0.717, 1.165) is 6.07 Å². The minimum absolute atomic E-state index is 0.0290. The molecule has 3 heterocycles. The van der Waals surface area contributed by atoms with Crippen molar-refractivity contribution < 1.29 is 32.3 Å². The number of aromatic nitrogens is 3. The topological polar surface area (TPSA) is 106 Å². The lowest BCUT2D eigenvalue weighted by Gasteiger charge is -2.31. The van der Waals surface area contributed by atoms with Crippen molar-refractivity contribution in [2.75, 3.05) is 25.0 Å². The molecule has 1 aliphatic heterocycles. The highest BCUT2D eigenvalue weighted by Crippen LogP contribution is 2.34. The minimum Gasteiger partial charge on any atom is -0.460 e. The SMILES string of the molecule is CCOC(=O)c1nc(NC(=O)c2csc(C3CCN(C(=O)c4ccccc4C(F)(F)F)CC3)n2)cn1C. The van der Waals surface area contributed by atoms with E-state index < -0.39 is 29.5 Å². The smallest absolute Gasteiger partial charge is 0.417 e. The highest BCUT2D eigenvalue weighted by molar-refractivity contribution is 7.10. The summed E-state index contributed by atoms with van der Waals surface area (Å²) >= 11 is 1.30. The number of thiazole rings is 1. The molecule has 2 amide bonds. The average molecular weight is 536 g/mol. The Kier molecular flexibility index (Phi) is 7.62. The number of nitrogens with zero attached hydrogens (tertiary/aromatic N) is 4. The van der Waals surface area contributed by atoms with Crippen LogP contribution in [0.3, 0.4) is 0 Å². The predicted octanol–water partition coefficient (Wildman–Crippen LogP) is 4.34. The maximum atomic E-state index is 13.3. The number of halogens is 3. The van der Waals surface area contributed by atoms with Crippen molar-refractivity contribution >= 4 is 34.9 Å². The van der Waals surface area contributed by atoms with Gasteiger partial charge in [0.2, 0.25) is 5.82 Å². The summed E-state index contributed by atoms with van der Waals surface area (Å²) in [5.41, 5.74) is -1.12. The normalized spacial score (nSPS) is 14.5. The molecule has 1 saturated heterocycles. The van der Waals surface area contributed by atoms with Gasteiger partial charge in [0.1, 0.15) is 5.69 Å². The number of carbonyl (C=O) groups is 3. The van der Waals surface area contributed by atoms with E-state index in [0.29, 0.717) is 17.8 Å². The first-order chi connectivity index (χ1) is 17.6. The highest BCUT2D eigenvalue weighted by Gasteiger charge is 2.36. The Balaban J connectivity index is 1.37. The van der Waals surface area contributed by atoms with Gasteiger partial charge >= 0.3 is 12.1 Å². The first-order valence-electron chi connectivity index (χ1n) is 11.5. The van der Waals surface area contributed by atoms with Gasteiger partial charge in [0.15, 0.2) is 5.82 Å². The van der Waals surface area contributed by atoms with Crippen LogP contribution in [0.5, 0.6) is 0 Å². The molecule has 196 valence electrons. The molecular formula is C24H24F3N5O4S. The Morgan fingerprint density at radius 3 is 2.54 bits per heavy atom. The van der Waals surface area contributed by atoms with E-state index in [1.54, 1.807) is 19.4 Å². The molecule has 0 bridgehead atoms. The molecule has 4 rings (SSSR count). The zero-order chi connectivity index (χ0) is 26.7. The lowest BCUT2D eigenvalue weighted by atomic mass is 9.96. The third-order valence-corrected chi connectivity index (χ3v) is 6.93. The molecule has 1 aliphatic rings. The fourth-order valence-electron chi connectivity index (χ4n) is 4.09. The summed E-state index contributed by atoms with van der Waals surface area (Å²) in [6.45, 7) is 2.43. The van der Waals surface area contributed by atoms with Crippen LogP contribution in [-0.4, -0.2) is 56.9 Å². The van der Waals surface area contributed by atoms with Crippen LogP contribution in [0.2, 0.25) is 0 Å². The first kappa shape index (κ1) is 26.3. The van der Waals surface area contributed by atoms with Gasteiger partial charge in [0, 0.05) is 37.6 Å². The van der Waals surface area contributed by atoms with Crippen molar-refractivity contribution in [1.82, 2.24) is 19.4 Å². The predicted molar refractivity (Wildman–Crippen MR) is 129 cm³/mol. The van der Waals surface area contributed by atoms with Crippen LogP contribution in [0.25, 0.3) is 0 Å². The maximum Gasteiger partial charge on any atom is 0.417 e. The third-order valence-electron chi connectivity index (χ3n) is 5.92. The number of imidazole rings is 1. The van der Waals surface area contributed by atoms with Crippen molar-refractivity contribution in [3.05, 3.63) is 63.5 Å². The largest absolute Gasteiger partial charge is 0.460 e. The number of hydrogen-bond acceptors (Lipinski definition) is 7. The second-order valence-corrected chi connectivity index (χ2v) is 9.31. The number of alkyl halides is 3. The fourth-order valence-corrected chi connectivity index (χ4v) is 5.06. The standard InChI is InChI=1S/C24H24F3N5O4S/c1-3-36-23(35)19-29-18(12-31(19)2)30-20(33)17-13-37-21(28-17)14-8-10-32(11-9-14)22(34)15-6-4-5-7-16(15)24(25,26)27/h4-7,12-14H,3,8-11H2,1-2H3,(H,30,33). The first-order valence-corrected chi connectivity index (χ1v) is 12.4. The van der Waals surface area contributed by atoms with Crippen LogP contribution in [-0.2, 0) is 18.0 Å². The van der Waals surface area contributed by atoms with Crippen molar-refractivity contribution in [2.24, 2.45) is 7.05 Å². The number of rotatable bonds is 6. The Labute approximate surface area is 214 Å². The lowest BCUT2D eigenvalue weighted by Crippen LogP contribution is -2.38. The summed E-state index contributed by atoms with van der Waals surface area (Å²) in [5.74, 6) is -1.55. The molecule has 0 radical (unpaired) electrons. The van der Waals surface area contributed by atoms with Gasteiger partial charge in [-0.25, -0.2) is 14.8 Å². The molecule has 37 heavy (non-hydrogen) atoms. The molecule has 1 aromatic carbocycles. The van der Waals surface area contributed by atoms with Gasteiger partial charge in [0.25, 0.3) is 11.8 Å². The van der Waals surface area contributed by atoms with E-state index in [2.05, 4.69) is 15.3 Å². The van der Waals surface area contributed by atoms with Gasteiger partial charge in [-0.3, -0.25) is 9.59 Å². The van der Waals surface area contributed by atoms with Crippen molar-refractivity contribution in [3.8, 4) is 0 Å². The number of anilines is 1. The monoisotopic (exact) mass is 535 g/mol.